The van der Waals surface area contributed by atoms with E-state index in [9.17, 15) is 10.2 Å². The van der Waals surface area contributed by atoms with E-state index in [4.69, 9.17) is 5.11 Å². The molecule has 0 aromatic heterocycles. The topological polar surface area (TPSA) is 60.7 Å². The Labute approximate surface area is 79.4 Å². The van der Waals surface area contributed by atoms with Crippen molar-refractivity contribution in [2.75, 3.05) is 6.61 Å². The third-order valence-corrected chi connectivity index (χ3v) is 3.19. The van der Waals surface area contributed by atoms with E-state index >= 15 is 0 Å². The van der Waals surface area contributed by atoms with Crippen molar-refractivity contribution < 1.29 is 15.3 Å². The second-order valence-electron chi connectivity index (χ2n) is 4.46. The lowest BCUT2D eigenvalue weighted by Gasteiger charge is -2.38. The molecule has 3 nitrogen and oxygen atoms in total. The lowest BCUT2D eigenvalue weighted by molar-refractivity contribution is -0.0608. The van der Waals surface area contributed by atoms with Crippen molar-refractivity contribution in [3.8, 4) is 0 Å². The van der Waals surface area contributed by atoms with Crippen LogP contribution in [0.1, 0.15) is 26.7 Å². The van der Waals surface area contributed by atoms with Crippen LogP contribution in [0.2, 0.25) is 0 Å². The molecule has 78 valence electrons. The van der Waals surface area contributed by atoms with Crippen LogP contribution in [0, 0.1) is 17.8 Å². The van der Waals surface area contributed by atoms with Gasteiger partial charge < -0.3 is 15.3 Å². The van der Waals surface area contributed by atoms with Gasteiger partial charge in [0.05, 0.1) is 12.2 Å². The number of aliphatic hydroxyl groups is 3. The smallest absolute Gasteiger partial charge is 0.0595 e. The zero-order valence-electron chi connectivity index (χ0n) is 8.35. The SMILES string of the molecule is CC(C)[C@H]1C[C@@H](O)[C@@H](CO)C[C@H]1O. The van der Waals surface area contributed by atoms with Crippen LogP contribution in [0.15, 0.2) is 0 Å². The van der Waals surface area contributed by atoms with Gasteiger partial charge in [-0.05, 0) is 24.7 Å². The lowest BCUT2D eigenvalue weighted by atomic mass is 9.73. The Bertz CT molecular complexity index is 158. The molecule has 0 unspecified atom stereocenters. The summed E-state index contributed by atoms with van der Waals surface area (Å²) in [5.41, 5.74) is 0. The fourth-order valence-electron chi connectivity index (χ4n) is 2.18. The van der Waals surface area contributed by atoms with Gasteiger partial charge in [0.2, 0.25) is 0 Å². The van der Waals surface area contributed by atoms with E-state index in [2.05, 4.69) is 13.8 Å². The number of hydrogen-bond acceptors (Lipinski definition) is 3. The largest absolute Gasteiger partial charge is 0.396 e. The highest BCUT2D eigenvalue weighted by Crippen LogP contribution is 2.33. The van der Waals surface area contributed by atoms with Crippen molar-refractivity contribution in [1.82, 2.24) is 0 Å². The third-order valence-electron chi connectivity index (χ3n) is 3.19. The highest BCUT2D eigenvalue weighted by molar-refractivity contribution is 4.86. The molecule has 3 heteroatoms. The molecule has 3 N–H and O–H groups in total. The standard InChI is InChI=1S/C10H20O3/c1-6(2)8-4-9(12)7(5-11)3-10(8)13/h6-13H,3-5H2,1-2H3/t7-,8-,9-,10-/m1/s1. The molecular formula is C10H20O3. The summed E-state index contributed by atoms with van der Waals surface area (Å²) in [5.74, 6) is 0.437. The van der Waals surface area contributed by atoms with Crippen LogP contribution < -0.4 is 0 Å². The van der Waals surface area contributed by atoms with E-state index in [0.29, 0.717) is 18.8 Å². The van der Waals surface area contributed by atoms with E-state index in [1.807, 2.05) is 0 Å². The average molecular weight is 188 g/mol. The van der Waals surface area contributed by atoms with Gasteiger partial charge in [-0.3, -0.25) is 0 Å². The van der Waals surface area contributed by atoms with Crippen molar-refractivity contribution in [2.24, 2.45) is 17.8 Å². The van der Waals surface area contributed by atoms with Crippen LogP contribution in [0.3, 0.4) is 0 Å². The Balaban J connectivity index is 2.56. The van der Waals surface area contributed by atoms with Crippen molar-refractivity contribution >= 4 is 0 Å². The molecule has 4 atom stereocenters. The molecule has 0 radical (unpaired) electrons. The van der Waals surface area contributed by atoms with Gasteiger partial charge in [0.15, 0.2) is 0 Å². The number of hydrogen-bond donors (Lipinski definition) is 3. The zero-order chi connectivity index (χ0) is 10.0. The minimum atomic E-state index is -0.444. The van der Waals surface area contributed by atoms with Crippen LogP contribution in [-0.2, 0) is 0 Å². The maximum absolute atomic E-state index is 9.74. The Morgan fingerprint density at radius 2 is 1.77 bits per heavy atom. The quantitative estimate of drug-likeness (QED) is 0.587. The third kappa shape index (κ3) is 2.42. The Morgan fingerprint density at radius 1 is 1.15 bits per heavy atom. The lowest BCUT2D eigenvalue weighted by Crippen LogP contribution is -2.41. The van der Waals surface area contributed by atoms with Crippen molar-refractivity contribution in [3.63, 3.8) is 0 Å². The van der Waals surface area contributed by atoms with Crippen LogP contribution in [-0.4, -0.2) is 34.1 Å². The van der Waals surface area contributed by atoms with Gasteiger partial charge in [-0.2, -0.15) is 0 Å². The van der Waals surface area contributed by atoms with Crippen molar-refractivity contribution in [2.45, 2.75) is 38.9 Å². The first-order valence-corrected chi connectivity index (χ1v) is 5.03. The molecular weight excluding hydrogens is 168 g/mol. The zero-order valence-corrected chi connectivity index (χ0v) is 8.35. The molecule has 0 aromatic rings. The summed E-state index contributed by atoms with van der Waals surface area (Å²) in [6, 6.07) is 0. The molecule has 1 aliphatic rings. The van der Waals surface area contributed by atoms with Crippen LogP contribution in [0.5, 0.6) is 0 Å². The molecule has 0 amide bonds. The normalized spacial score (nSPS) is 41.1. The van der Waals surface area contributed by atoms with Crippen LogP contribution in [0.25, 0.3) is 0 Å². The Kier molecular flexibility index (Phi) is 3.71. The van der Waals surface area contributed by atoms with E-state index < -0.39 is 6.10 Å². The first kappa shape index (κ1) is 11.0. The van der Waals surface area contributed by atoms with Gasteiger partial charge >= 0.3 is 0 Å². The molecule has 0 heterocycles. The maximum atomic E-state index is 9.74. The fourth-order valence-corrected chi connectivity index (χ4v) is 2.18. The second-order valence-corrected chi connectivity index (χ2v) is 4.46. The van der Waals surface area contributed by atoms with E-state index in [0.717, 1.165) is 0 Å². The number of aliphatic hydroxyl groups excluding tert-OH is 3. The Hall–Kier alpha value is -0.120. The summed E-state index contributed by atoms with van der Waals surface area (Å²) in [7, 11) is 0. The molecule has 1 aliphatic carbocycles. The molecule has 0 saturated heterocycles. The van der Waals surface area contributed by atoms with Crippen molar-refractivity contribution in [1.29, 1.82) is 0 Å². The summed E-state index contributed by atoms with van der Waals surface area (Å²) in [4.78, 5) is 0. The number of rotatable bonds is 2. The molecule has 1 saturated carbocycles. The van der Waals surface area contributed by atoms with Crippen LogP contribution >= 0.6 is 0 Å². The predicted molar refractivity (Wildman–Crippen MR) is 50.2 cm³/mol. The van der Waals surface area contributed by atoms with E-state index in [1.54, 1.807) is 0 Å². The minimum absolute atomic E-state index is 0.0248. The van der Waals surface area contributed by atoms with Crippen molar-refractivity contribution in [3.05, 3.63) is 0 Å². The summed E-state index contributed by atoms with van der Waals surface area (Å²) in [6.45, 7) is 4.09. The van der Waals surface area contributed by atoms with Crippen LogP contribution in [0.4, 0.5) is 0 Å². The monoisotopic (exact) mass is 188 g/mol. The maximum Gasteiger partial charge on any atom is 0.0595 e. The first-order chi connectivity index (χ1) is 6.06. The molecule has 0 spiro atoms. The second kappa shape index (κ2) is 4.40. The summed E-state index contributed by atoms with van der Waals surface area (Å²) in [5, 5.41) is 28.3. The molecule has 1 rings (SSSR count). The van der Waals surface area contributed by atoms with Gasteiger partial charge in [0.25, 0.3) is 0 Å². The summed E-state index contributed by atoms with van der Waals surface area (Å²) in [6.07, 6.45) is 0.339. The highest BCUT2D eigenvalue weighted by atomic mass is 16.3. The predicted octanol–water partition coefficient (Wildman–Crippen LogP) is 0.383. The van der Waals surface area contributed by atoms with Gasteiger partial charge in [0.1, 0.15) is 0 Å². The summed E-state index contributed by atoms with van der Waals surface area (Å²) >= 11 is 0. The molecule has 0 aromatic carbocycles. The highest BCUT2D eigenvalue weighted by Gasteiger charge is 2.36. The molecule has 13 heavy (non-hydrogen) atoms. The minimum Gasteiger partial charge on any atom is -0.396 e. The molecule has 0 aliphatic heterocycles. The van der Waals surface area contributed by atoms with Gasteiger partial charge in [0, 0.05) is 12.5 Å². The van der Waals surface area contributed by atoms with Gasteiger partial charge in [-0.25, -0.2) is 0 Å². The van der Waals surface area contributed by atoms with E-state index in [-0.39, 0.29) is 24.5 Å². The summed E-state index contributed by atoms with van der Waals surface area (Å²) < 4.78 is 0. The van der Waals surface area contributed by atoms with E-state index in [1.165, 1.54) is 0 Å². The van der Waals surface area contributed by atoms with Gasteiger partial charge in [-0.1, -0.05) is 13.8 Å². The first-order valence-electron chi connectivity index (χ1n) is 5.03. The Morgan fingerprint density at radius 3 is 2.23 bits per heavy atom. The molecule has 1 fully saturated rings. The average Bonchev–Trinajstić information content (AvgIpc) is 2.07. The molecule has 0 bridgehead atoms. The van der Waals surface area contributed by atoms with Gasteiger partial charge in [-0.15, -0.1) is 0 Å². The fraction of sp³-hybridized carbons (Fsp3) is 1.00.